The Hall–Kier alpha value is -1.77. The van der Waals surface area contributed by atoms with Crippen molar-refractivity contribution in [1.82, 2.24) is 0 Å². The molecule has 1 rings (SSSR count). The fourth-order valence-electron chi connectivity index (χ4n) is 1.27. The van der Waals surface area contributed by atoms with Crippen molar-refractivity contribution in [2.45, 2.75) is 26.2 Å². The van der Waals surface area contributed by atoms with E-state index in [1.165, 1.54) is 0 Å². The van der Waals surface area contributed by atoms with Gasteiger partial charge in [-0.1, -0.05) is 38.0 Å². The SMILES string of the molecule is C=C(Oc1ccccc1)C(=O)OCCCCC. The number of rotatable bonds is 7. The number of hydrogen-bond donors (Lipinski definition) is 0. The van der Waals surface area contributed by atoms with Crippen molar-refractivity contribution in [3.63, 3.8) is 0 Å². The van der Waals surface area contributed by atoms with E-state index in [2.05, 4.69) is 13.5 Å². The Bertz CT molecular complexity index is 357. The van der Waals surface area contributed by atoms with Gasteiger partial charge < -0.3 is 9.47 Å². The molecule has 17 heavy (non-hydrogen) atoms. The summed E-state index contributed by atoms with van der Waals surface area (Å²) in [7, 11) is 0. The molecule has 92 valence electrons. The van der Waals surface area contributed by atoms with Crippen LogP contribution in [-0.2, 0) is 9.53 Å². The predicted octanol–water partition coefficient (Wildman–Crippen LogP) is 3.31. The first-order chi connectivity index (χ1) is 8.24. The summed E-state index contributed by atoms with van der Waals surface area (Å²) in [6, 6.07) is 9.05. The van der Waals surface area contributed by atoms with Crippen LogP contribution >= 0.6 is 0 Å². The van der Waals surface area contributed by atoms with E-state index < -0.39 is 5.97 Å². The van der Waals surface area contributed by atoms with Crippen molar-refractivity contribution >= 4 is 5.97 Å². The van der Waals surface area contributed by atoms with Crippen LogP contribution in [0.1, 0.15) is 26.2 Å². The van der Waals surface area contributed by atoms with Crippen molar-refractivity contribution in [2.24, 2.45) is 0 Å². The van der Waals surface area contributed by atoms with Gasteiger partial charge in [0, 0.05) is 0 Å². The largest absolute Gasteiger partial charge is 0.460 e. The van der Waals surface area contributed by atoms with Gasteiger partial charge in [0.1, 0.15) is 5.75 Å². The molecule has 0 amide bonds. The molecule has 0 radical (unpaired) electrons. The molecule has 0 aliphatic heterocycles. The van der Waals surface area contributed by atoms with Crippen molar-refractivity contribution < 1.29 is 14.3 Å². The molecule has 0 aliphatic rings. The molecule has 0 bridgehead atoms. The van der Waals surface area contributed by atoms with Gasteiger partial charge in [-0.2, -0.15) is 0 Å². The maximum Gasteiger partial charge on any atom is 0.373 e. The number of ether oxygens (including phenoxy) is 2. The molecule has 1 aromatic rings. The summed E-state index contributed by atoms with van der Waals surface area (Å²) in [4.78, 5) is 11.5. The van der Waals surface area contributed by atoms with Gasteiger partial charge in [0.05, 0.1) is 6.61 Å². The van der Waals surface area contributed by atoms with Gasteiger partial charge in [-0.3, -0.25) is 0 Å². The molecule has 0 N–H and O–H groups in total. The lowest BCUT2D eigenvalue weighted by atomic mass is 10.3. The van der Waals surface area contributed by atoms with Gasteiger partial charge in [0.15, 0.2) is 0 Å². The summed E-state index contributed by atoms with van der Waals surface area (Å²) < 4.78 is 10.3. The highest BCUT2D eigenvalue weighted by Gasteiger charge is 2.10. The van der Waals surface area contributed by atoms with Crippen LogP contribution in [0.15, 0.2) is 42.7 Å². The first kappa shape index (κ1) is 13.3. The zero-order valence-electron chi connectivity index (χ0n) is 10.1. The zero-order valence-corrected chi connectivity index (χ0v) is 10.1. The molecule has 0 aliphatic carbocycles. The van der Waals surface area contributed by atoms with Crippen LogP contribution < -0.4 is 4.74 Å². The second-order valence-electron chi connectivity index (χ2n) is 3.68. The summed E-state index contributed by atoms with van der Waals surface area (Å²) in [5.74, 6) is 0.112. The highest BCUT2D eigenvalue weighted by atomic mass is 16.6. The third-order valence-electron chi connectivity index (χ3n) is 2.19. The molecular formula is C14H18O3. The number of hydrogen-bond acceptors (Lipinski definition) is 3. The Labute approximate surface area is 102 Å². The molecule has 3 nitrogen and oxygen atoms in total. The molecule has 0 unspecified atom stereocenters. The Morgan fingerprint density at radius 1 is 1.24 bits per heavy atom. The summed E-state index contributed by atoms with van der Waals surface area (Å²) in [5, 5.41) is 0. The van der Waals surface area contributed by atoms with Crippen LogP contribution in [0.5, 0.6) is 5.75 Å². The second-order valence-corrected chi connectivity index (χ2v) is 3.68. The third-order valence-corrected chi connectivity index (χ3v) is 2.19. The monoisotopic (exact) mass is 234 g/mol. The third kappa shape index (κ3) is 5.20. The number of benzene rings is 1. The van der Waals surface area contributed by atoms with E-state index in [1.54, 1.807) is 12.1 Å². The highest BCUT2D eigenvalue weighted by molar-refractivity contribution is 5.86. The summed E-state index contributed by atoms with van der Waals surface area (Å²) >= 11 is 0. The van der Waals surface area contributed by atoms with Gasteiger partial charge in [0.2, 0.25) is 5.76 Å². The van der Waals surface area contributed by atoms with Crippen molar-refractivity contribution in [3.8, 4) is 5.75 Å². The number of carbonyl (C=O) groups is 1. The molecule has 0 saturated heterocycles. The second kappa shape index (κ2) is 7.49. The summed E-state index contributed by atoms with van der Waals surface area (Å²) in [5.41, 5.74) is 0. The van der Waals surface area contributed by atoms with Crippen LogP contribution in [0.25, 0.3) is 0 Å². The Balaban J connectivity index is 2.30. The first-order valence-electron chi connectivity index (χ1n) is 5.83. The summed E-state index contributed by atoms with van der Waals surface area (Å²) in [6.45, 7) is 6.07. The van der Waals surface area contributed by atoms with Gasteiger partial charge in [-0.05, 0) is 25.1 Å². The van der Waals surface area contributed by atoms with Crippen LogP contribution in [0.3, 0.4) is 0 Å². The van der Waals surface area contributed by atoms with Gasteiger partial charge in [-0.15, -0.1) is 0 Å². The minimum Gasteiger partial charge on any atom is -0.460 e. The molecule has 0 heterocycles. The molecule has 0 atom stereocenters. The van der Waals surface area contributed by atoms with Crippen LogP contribution in [0.2, 0.25) is 0 Å². The topological polar surface area (TPSA) is 35.5 Å². The van der Waals surface area contributed by atoms with E-state index >= 15 is 0 Å². The fourth-order valence-corrected chi connectivity index (χ4v) is 1.27. The van der Waals surface area contributed by atoms with E-state index in [1.807, 2.05) is 18.2 Å². The van der Waals surface area contributed by atoms with E-state index in [-0.39, 0.29) is 5.76 Å². The van der Waals surface area contributed by atoms with Gasteiger partial charge >= 0.3 is 5.97 Å². The van der Waals surface area contributed by atoms with Crippen molar-refractivity contribution in [3.05, 3.63) is 42.7 Å². The zero-order chi connectivity index (χ0) is 12.5. The van der Waals surface area contributed by atoms with E-state index in [0.29, 0.717) is 12.4 Å². The standard InChI is InChI=1S/C14H18O3/c1-3-4-8-11-16-14(15)12(2)17-13-9-6-5-7-10-13/h5-7,9-10H,2-4,8,11H2,1H3. The Kier molecular flexibility index (Phi) is 5.86. The van der Waals surface area contributed by atoms with E-state index in [9.17, 15) is 4.79 Å². The molecule has 1 aromatic carbocycles. The van der Waals surface area contributed by atoms with Crippen molar-refractivity contribution in [2.75, 3.05) is 6.61 Å². The quantitative estimate of drug-likeness (QED) is 0.314. The molecule has 3 heteroatoms. The van der Waals surface area contributed by atoms with E-state index in [4.69, 9.17) is 9.47 Å². The number of unbranched alkanes of at least 4 members (excludes halogenated alkanes) is 2. The average molecular weight is 234 g/mol. The lowest BCUT2D eigenvalue weighted by Crippen LogP contribution is -2.12. The number of esters is 1. The van der Waals surface area contributed by atoms with Crippen molar-refractivity contribution in [1.29, 1.82) is 0 Å². The van der Waals surface area contributed by atoms with E-state index in [0.717, 1.165) is 19.3 Å². The van der Waals surface area contributed by atoms with Crippen LogP contribution in [-0.4, -0.2) is 12.6 Å². The molecule has 0 spiro atoms. The number of para-hydroxylation sites is 1. The first-order valence-corrected chi connectivity index (χ1v) is 5.83. The van der Waals surface area contributed by atoms with Gasteiger partial charge in [0.25, 0.3) is 0 Å². The smallest absolute Gasteiger partial charge is 0.373 e. The molecule has 0 aromatic heterocycles. The maximum absolute atomic E-state index is 11.5. The predicted molar refractivity (Wildman–Crippen MR) is 66.7 cm³/mol. The summed E-state index contributed by atoms with van der Waals surface area (Å²) in [6.07, 6.45) is 3.03. The van der Waals surface area contributed by atoms with Crippen LogP contribution in [0, 0.1) is 0 Å². The minimum atomic E-state index is -0.495. The molecular weight excluding hydrogens is 216 g/mol. The number of carbonyl (C=O) groups excluding carboxylic acids is 1. The molecule has 0 saturated carbocycles. The highest BCUT2D eigenvalue weighted by Crippen LogP contribution is 2.12. The van der Waals surface area contributed by atoms with Gasteiger partial charge in [-0.25, -0.2) is 4.79 Å². The lowest BCUT2D eigenvalue weighted by Gasteiger charge is -2.08. The van der Waals surface area contributed by atoms with Crippen LogP contribution in [0.4, 0.5) is 0 Å². The normalized spacial score (nSPS) is 9.71. The Morgan fingerprint density at radius 3 is 2.59 bits per heavy atom. The maximum atomic E-state index is 11.5. The molecule has 0 fully saturated rings. The minimum absolute atomic E-state index is 0.0210. The average Bonchev–Trinajstić information content (AvgIpc) is 2.35. The fraction of sp³-hybridized carbons (Fsp3) is 0.357. The Morgan fingerprint density at radius 2 is 1.94 bits per heavy atom. The lowest BCUT2D eigenvalue weighted by molar-refractivity contribution is -0.141.